The van der Waals surface area contributed by atoms with Gasteiger partial charge in [0.05, 0.1) is 32.1 Å². The third-order valence-corrected chi connectivity index (χ3v) is 12.1. The topological polar surface area (TPSA) is 183 Å². The van der Waals surface area contributed by atoms with Gasteiger partial charge in [0.25, 0.3) is 0 Å². The van der Waals surface area contributed by atoms with E-state index in [2.05, 4.69) is 5.32 Å². The lowest BCUT2D eigenvalue weighted by atomic mass is 9.62. The van der Waals surface area contributed by atoms with Crippen molar-refractivity contribution in [2.75, 3.05) is 26.4 Å². The smallest absolute Gasteiger partial charge is 0.327 e. The zero-order valence-corrected chi connectivity index (χ0v) is 33.2. The number of esters is 2. The fourth-order valence-corrected chi connectivity index (χ4v) is 9.64. The summed E-state index contributed by atoms with van der Waals surface area (Å²) < 4.78 is 30.5. The van der Waals surface area contributed by atoms with Crippen molar-refractivity contribution < 1.29 is 57.9 Å². The summed E-state index contributed by atoms with van der Waals surface area (Å²) in [6.07, 6.45) is 2.31. The lowest BCUT2D eigenvalue weighted by molar-refractivity contribution is -0.218. The number of hydroxylamine groups is 2. The van der Waals surface area contributed by atoms with E-state index < -0.39 is 83.8 Å². The first kappa shape index (κ1) is 40.4. The van der Waals surface area contributed by atoms with Gasteiger partial charge in [0.2, 0.25) is 11.8 Å². The SMILES string of the molecule is CC(C)(C)OC(=O)CC[C@@H](CO)NC(=O)[C@H]1CCCN1C(=O)[C@@]12C[C@H]3OC(=O)[C@@H]1N(Cc1ccc(C=COCCO)cc1)O[C@@H]2[C@H]1OC2(Cc4ccccc4C2)O[C@H]13. The zero-order valence-electron chi connectivity index (χ0n) is 33.2. The number of rotatable bonds is 13. The summed E-state index contributed by atoms with van der Waals surface area (Å²) in [5, 5.41) is 23.5. The number of amides is 2. The quantitative estimate of drug-likeness (QED) is 0.153. The van der Waals surface area contributed by atoms with Gasteiger partial charge in [-0.2, -0.15) is 5.06 Å². The molecule has 8 atom stereocenters. The third kappa shape index (κ3) is 7.64. The van der Waals surface area contributed by atoms with Gasteiger partial charge >= 0.3 is 11.9 Å². The third-order valence-electron chi connectivity index (χ3n) is 12.1. The average molecular weight is 804 g/mol. The summed E-state index contributed by atoms with van der Waals surface area (Å²) in [6, 6.07) is 12.9. The number of carbonyl (C=O) groups is 4. The Morgan fingerprint density at radius 2 is 1.76 bits per heavy atom. The first-order valence-corrected chi connectivity index (χ1v) is 20.3. The van der Waals surface area contributed by atoms with E-state index in [0.717, 1.165) is 22.3 Å². The molecule has 1 saturated carbocycles. The van der Waals surface area contributed by atoms with Gasteiger partial charge in [-0.15, -0.1) is 0 Å². The first-order valence-electron chi connectivity index (χ1n) is 20.3. The lowest BCUT2D eigenvalue weighted by Crippen LogP contribution is -2.70. The van der Waals surface area contributed by atoms with Crippen LogP contribution in [0.2, 0.25) is 0 Å². The van der Waals surface area contributed by atoms with Crippen molar-refractivity contribution >= 4 is 29.8 Å². The van der Waals surface area contributed by atoms with Crippen LogP contribution < -0.4 is 5.32 Å². The molecule has 2 bridgehead atoms. The molecule has 0 aromatic heterocycles. The molecule has 1 spiro atoms. The molecule has 2 aliphatic carbocycles. The van der Waals surface area contributed by atoms with Crippen LogP contribution in [-0.4, -0.2) is 124 Å². The summed E-state index contributed by atoms with van der Waals surface area (Å²) in [5.74, 6) is -2.89. The van der Waals surface area contributed by atoms with Gasteiger partial charge in [-0.3, -0.25) is 24.0 Å². The Morgan fingerprint density at radius 3 is 2.45 bits per heavy atom. The van der Waals surface area contributed by atoms with Gasteiger partial charge in [0.15, 0.2) is 11.8 Å². The van der Waals surface area contributed by atoms with Crippen LogP contribution in [0.25, 0.3) is 6.08 Å². The summed E-state index contributed by atoms with van der Waals surface area (Å²) >= 11 is 0. The summed E-state index contributed by atoms with van der Waals surface area (Å²) in [7, 11) is 0. The van der Waals surface area contributed by atoms with Gasteiger partial charge < -0.3 is 44.1 Å². The highest BCUT2D eigenvalue weighted by Gasteiger charge is 2.77. The maximum atomic E-state index is 15.4. The summed E-state index contributed by atoms with van der Waals surface area (Å²) in [6.45, 7) is 5.43. The minimum Gasteiger partial charge on any atom is -0.499 e. The van der Waals surface area contributed by atoms with E-state index in [9.17, 15) is 19.5 Å². The van der Waals surface area contributed by atoms with E-state index in [-0.39, 0.29) is 51.5 Å². The van der Waals surface area contributed by atoms with Crippen LogP contribution >= 0.6 is 0 Å². The molecule has 2 aromatic carbocycles. The standard InChI is InChI=1S/C43H53N3O12/c1-41(2,3)55-33(49)15-14-30(25-48)44-38(50)31-9-6-17-45(31)40(52)43-23-32-34-35(57-42(56-34)21-28-7-4-5-8-29(28)22-42)37(43)58-46(36(43)39(51)54-32)24-27-12-10-26(11-13-27)16-19-53-20-18-47/h4-5,7-8,10-13,16,19,30-32,34-37,47-48H,6,9,14-15,17-18,20-25H2,1-3H3,(H,44,50)/t30-,31+,32+,34-,35-,36-,37+,43-/m0/s1. The van der Waals surface area contributed by atoms with Gasteiger partial charge in [-0.25, -0.2) is 0 Å². The molecular formula is C43H53N3O12. The van der Waals surface area contributed by atoms with Crippen molar-refractivity contribution in [3.8, 4) is 0 Å². The van der Waals surface area contributed by atoms with Crippen molar-refractivity contribution in [2.24, 2.45) is 5.41 Å². The Kier molecular flexibility index (Phi) is 11.1. The molecule has 6 aliphatic rings. The van der Waals surface area contributed by atoms with Crippen LogP contribution in [0.15, 0.2) is 54.8 Å². The Morgan fingerprint density at radius 1 is 1.03 bits per heavy atom. The average Bonchev–Trinajstić information content (AvgIpc) is 3.98. The molecule has 4 heterocycles. The Balaban J connectivity index is 1.06. The minimum atomic E-state index is -1.47. The predicted octanol–water partition coefficient (Wildman–Crippen LogP) is 2.34. The molecule has 4 saturated heterocycles. The molecule has 15 nitrogen and oxygen atoms in total. The molecule has 8 rings (SSSR count). The second-order valence-corrected chi connectivity index (χ2v) is 17.2. The van der Waals surface area contributed by atoms with Crippen molar-refractivity contribution in [3.05, 3.63) is 77.0 Å². The van der Waals surface area contributed by atoms with E-state index in [4.69, 9.17) is 33.6 Å². The number of ether oxygens (including phenoxy) is 5. The van der Waals surface area contributed by atoms with Crippen LogP contribution in [0.3, 0.4) is 0 Å². The highest BCUT2D eigenvalue weighted by atomic mass is 16.8. The first-order chi connectivity index (χ1) is 27.8. The Hall–Kier alpha value is -4.38. The second-order valence-electron chi connectivity index (χ2n) is 17.2. The second kappa shape index (κ2) is 16.0. The highest BCUT2D eigenvalue weighted by molar-refractivity contribution is 5.96. The molecule has 3 N–H and O–H groups in total. The van der Waals surface area contributed by atoms with Crippen LogP contribution in [-0.2, 0) is 67.1 Å². The van der Waals surface area contributed by atoms with Crippen molar-refractivity contribution in [2.45, 2.75) is 126 Å². The Bertz CT molecular complexity index is 1890. The number of hydrogen-bond donors (Lipinski definition) is 3. The molecule has 0 radical (unpaired) electrons. The molecule has 2 aromatic rings. The summed E-state index contributed by atoms with van der Waals surface area (Å²) in [5.41, 5.74) is 1.75. The number of nitrogens with one attached hydrogen (secondary N) is 1. The molecule has 2 amide bonds. The normalized spacial score (nSPS) is 29.9. The largest absolute Gasteiger partial charge is 0.499 e. The van der Waals surface area contributed by atoms with Gasteiger partial charge in [0, 0.05) is 32.2 Å². The maximum Gasteiger partial charge on any atom is 0.327 e. The van der Waals surface area contributed by atoms with Gasteiger partial charge in [-0.1, -0.05) is 48.5 Å². The molecule has 0 unspecified atom stereocenters. The molecule has 5 fully saturated rings. The maximum absolute atomic E-state index is 15.4. The number of likely N-dealkylation sites (tertiary alicyclic amines) is 1. The van der Waals surface area contributed by atoms with Gasteiger partial charge in [0.1, 0.15) is 48.1 Å². The number of aliphatic hydroxyl groups is 2. The monoisotopic (exact) mass is 803 g/mol. The van der Waals surface area contributed by atoms with Crippen LogP contribution in [0.4, 0.5) is 0 Å². The fourth-order valence-electron chi connectivity index (χ4n) is 9.64. The molecular weight excluding hydrogens is 750 g/mol. The predicted molar refractivity (Wildman–Crippen MR) is 205 cm³/mol. The number of fused-ring (bicyclic) bond motifs is 5. The number of carbonyl (C=O) groups excluding carboxylic acids is 4. The van der Waals surface area contributed by atoms with Crippen LogP contribution in [0, 0.1) is 5.41 Å². The van der Waals surface area contributed by atoms with E-state index in [1.165, 1.54) is 6.26 Å². The minimum absolute atomic E-state index is 0.00506. The number of aliphatic hydroxyl groups excluding tert-OH is 2. The zero-order chi connectivity index (χ0) is 40.8. The van der Waals surface area contributed by atoms with Crippen molar-refractivity contribution in [1.29, 1.82) is 0 Å². The highest BCUT2D eigenvalue weighted by Crippen LogP contribution is 2.59. The van der Waals surface area contributed by atoms with E-state index in [1.54, 1.807) is 36.8 Å². The molecule has 4 aliphatic heterocycles. The van der Waals surface area contributed by atoms with E-state index in [1.807, 2.05) is 48.5 Å². The van der Waals surface area contributed by atoms with Crippen molar-refractivity contribution in [3.63, 3.8) is 0 Å². The lowest BCUT2D eigenvalue weighted by Gasteiger charge is -2.50. The fraction of sp³-hybridized carbons (Fsp3) is 0.581. The molecule has 312 valence electrons. The number of nitrogens with zero attached hydrogens (tertiary/aromatic N) is 2. The van der Waals surface area contributed by atoms with E-state index >= 15 is 4.79 Å². The van der Waals surface area contributed by atoms with Gasteiger partial charge in [-0.05, 0) is 68.4 Å². The van der Waals surface area contributed by atoms with Crippen molar-refractivity contribution in [1.82, 2.24) is 15.3 Å². The number of benzene rings is 2. The van der Waals surface area contributed by atoms with Crippen LogP contribution in [0.5, 0.6) is 0 Å². The summed E-state index contributed by atoms with van der Waals surface area (Å²) in [4.78, 5) is 64.4. The number of hydrogen-bond acceptors (Lipinski definition) is 13. The van der Waals surface area contributed by atoms with E-state index in [0.29, 0.717) is 25.7 Å². The Labute approximate surface area is 337 Å². The molecule has 15 heteroatoms. The van der Waals surface area contributed by atoms with Crippen LogP contribution in [0.1, 0.15) is 75.1 Å². The molecule has 58 heavy (non-hydrogen) atoms.